The average Bonchev–Trinajstić information content (AvgIpc) is 3.62. The molecule has 16 heteroatoms. The third-order valence-corrected chi connectivity index (χ3v) is 11.1. The predicted octanol–water partition coefficient (Wildman–Crippen LogP) is 6.53. The number of hydrogen-bond donors (Lipinski definition) is 3. The van der Waals surface area contributed by atoms with Gasteiger partial charge in [-0.1, -0.05) is 13.0 Å². The normalized spacial score (nSPS) is 20.2. The highest BCUT2D eigenvalue weighted by atomic mass is 32.2. The predicted molar refractivity (Wildman–Crippen MR) is 185 cm³/mol. The molecule has 3 amide bonds. The van der Waals surface area contributed by atoms with Gasteiger partial charge in [-0.25, -0.2) is 13.2 Å². The van der Waals surface area contributed by atoms with E-state index in [0.29, 0.717) is 19.4 Å². The fraction of sp³-hybridized carbons (Fsp3) is 0.471. The monoisotopic (exact) mass is 740 g/mol. The van der Waals surface area contributed by atoms with E-state index in [4.69, 9.17) is 9.47 Å². The van der Waals surface area contributed by atoms with Crippen molar-refractivity contribution in [3.63, 3.8) is 0 Å². The summed E-state index contributed by atoms with van der Waals surface area (Å²) >= 11 is 1.06. The molecule has 0 bridgehead atoms. The molecule has 0 fully saturated rings. The Kier molecular flexibility index (Phi) is 13.2. The first-order valence-corrected chi connectivity index (χ1v) is 18.5. The highest BCUT2D eigenvalue weighted by molar-refractivity contribution is 7.94. The van der Waals surface area contributed by atoms with Crippen LogP contribution in [0.15, 0.2) is 64.2 Å². The molecule has 274 valence electrons. The van der Waals surface area contributed by atoms with Crippen LogP contribution in [0.3, 0.4) is 0 Å². The number of alkyl halides is 3. The molecule has 11 nitrogen and oxygen atoms in total. The number of anilines is 2. The summed E-state index contributed by atoms with van der Waals surface area (Å²) in [5, 5.41) is 14.4. The van der Waals surface area contributed by atoms with Gasteiger partial charge in [0.25, 0.3) is 15.9 Å². The molecule has 2 heterocycles. The molecule has 3 N–H and O–H groups in total. The molecular weight excluding hydrogens is 698 g/mol. The fourth-order valence-electron chi connectivity index (χ4n) is 5.38. The third kappa shape index (κ3) is 10.3. The van der Waals surface area contributed by atoms with Gasteiger partial charge in [0.1, 0.15) is 9.96 Å². The number of likely N-dealkylation sites (N-methyl/N-ethyl adjacent to an activating group) is 1. The van der Waals surface area contributed by atoms with Gasteiger partial charge in [-0.2, -0.15) is 13.2 Å². The summed E-state index contributed by atoms with van der Waals surface area (Å²) in [7, 11) is -2.37. The van der Waals surface area contributed by atoms with E-state index >= 15 is 0 Å². The van der Waals surface area contributed by atoms with Gasteiger partial charge in [0, 0.05) is 44.0 Å². The molecule has 0 saturated carbocycles. The van der Waals surface area contributed by atoms with Gasteiger partial charge >= 0.3 is 12.2 Å². The Bertz CT molecular complexity index is 1690. The molecule has 4 rings (SSSR count). The molecule has 0 aliphatic carbocycles. The fourth-order valence-corrected chi connectivity index (χ4v) is 7.43. The van der Waals surface area contributed by atoms with E-state index in [9.17, 15) is 36.3 Å². The Balaban J connectivity index is 1.58. The van der Waals surface area contributed by atoms with Crippen molar-refractivity contribution in [2.45, 2.75) is 68.7 Å². The van der Waals surface area contributed by atoms with Crippen LogP contribution in [0.5, 0.6) is 5.75 Å². The molecule has 1 aromatic heterocycles. The highest BCUT2D eigenvalue weighted by Crippen LogP contribution is 2.31. The van der Waals surface area contributed by atoms with Crippen LogP contribution in [0.1, 0.15) is 56.0 Å². The van der Waals surface area contributed by atoms with Crippen molar-refractivity contribution < 1.29 is 45.8 Å². The first-order valence-electron chi connectivity index (χ1n) is 16.2. The summed E-state index contributed by atoms with van der Waals surface area (Å²) in [5.74, 6) is -0.600. The first-order chi connectivity index (χ1) is 23.6. The van der Waals surface area contributed by atoms with Crippen LogP contribution >= 0.6 is 11.3 Å². The summed E-state index contributed by atoms with van der Waals surface area (Å²) in [5.41, 5.74) is -0.371. The number of ether oxygens (including phenoxy) is 2. The molecule has 4 atom stereocenters. The average molecular weight is 741 g/mol. The van der Waals surface area contributed by atoms with Gasteiger partial charge in [-0.05, 0) is 87.0 Å². The quantitative estimate of drug-likeness (QED) is 0.239. The summed E-state index contributed by atoms with van der Waals surface area (Å²) in [6.07, 6.45) is -3.31. The molecule has 3 aromatic rings. The Morgan fingerprint density at radius 1 is 1.12 bits per heavy atom. The van der Waals surface area contributed by atoms with E-state index in [-0.39, 0.29) is 58.6 Å². The molecule has 0 spiro atoms. The van der Waals surface area contributed by atoms with Crippen LogP contribution in [0, 0.1) is 5.92 Å². The minimum absolute atomic E-state index is 0.0912. The Hall–Kier alpha value is -3.86. The first kappa shape index (κ1) is 38.9. The van der Waals surface area contributed by atoms with E-state index in [1.54, 1.807) is 24.4 Å². The van der Waals surface area contributed by atoms with E-state index in [2.05, 4.69) is 10.0 Å². The smallest absolute Gasteiger partial charge is 0.416 e. The molecule has 2 aromatic carbocycles. The second kappa shape index (κ2) is 16.9. The second-order valence-corrected chi connectivity index (χ2v) is 15.3. The van der Waals surface area contributed by atoms with Gasteiger partial charge < -0.3 is 29.7 Å². The lowest BCUT2D eigenvalue weighted by atomic mass is 10.0. The molecule has 0 saturated heterocycles. The van der Waals surface area contributed by atoms with Crippen LogP contribution in [0.4, 0.5) is 29.3 Å². The number of carbonyl (C=O) groups is 2. The number of urea groups is 1. The Labute approximate surface area is 294 Å². The van der Waals surface area contributed by atoms with Gasteiger partial charge in [0.2, 0.25) is 0 Å². The summed E-state index contributed by atoms with van der Waals surface area (Å²) in [6, 6.07) is 10.5. The number of amides is 3. The van der Waals surface area contributed by atoms with Gasteiger partial charge in [-0.15, -0.1) is 11.3 Å². The van der Waals surface area contributed by atoms with Crippen molar-refractivity contribution in [3.05, 3.63) is 71.1 Å². The number of nitrogens with zero attached hydrogens (tertiary/aromatic N) is 2. The van der Waals surface area contributed by atoms with Crippen LogP contribution in [0.2, 0.25) is 0 Å². The lowest BCUT2D eigenvalue weighted by Gasteiger charge is -2.35. The van der Waals surface area contributed by atoms with Crippen molar-refractivity contribution in [1.82, 2.24) is 9.80 Å². The van der Waals surface area contributed by atoms with Gasteiger partial charge in [0.15, 0.2) is 0 Å². The zero-order valence-electron chi connectivity index (χ0n) is 28.3. The lowest BCUT2D eigenvalue weighted by molar-refractivity contribution is -0.137. The number of fused-ring (bicyclic) bond motifs is 1. The largest absolute Gasteiger partial charge is 0.490 e. The number of thiophene rings is 1. The molecule has 50 heavy (non-hydrogen) atoms. The number of carbonyl (C=O) groups excluding carboxylic acids is 2. The summed E-state index contributed by atoms with van der Waals surface area (Å²) < 4.78 is 80.0. The van der Waals surface area contributed by atoms with E-state index in [1.807, 2.05) is 13.8 Å². The second-order valence-electron chi connectivity index (χ2n) is 12.4. The minimum Gasteiger partial charge on any atom is -0.490 e. The molecular formula is C34H43F3N4O7S2. The standard InChI is InChI=1S/C34H43F3N4O7S2/c1-22-19-41(23(2)21-42)32(43)28-18-27(39-50(45,46)31-9-7-17-49-31)14-15-29(28)48-24(3)8-5-6-16-47-30(22)20-40(4)33(44)38-26-12-10-25(11-13-26)34(35,36)37/h7,9-15,17-18,22-24,30,39,42H,5-6,8,16,19-21H2,1-4H3,(H,38,44)/t22-,23-,24-,30-/m0/s1. The van der Waals surface area contributed by atoms with Gasteiger partial charge in [-0.3, -0.25) is 9.52 Å². The Morgan fingerprint density at radius 3 is 2.46 bits per heavy atom. The maximum absolute atomic E-state index is 14.3. The summed E-state index contributed by atoms with van der Waals surface area (Å²) in [4.78, 5) is 30.2. The minimum atomic E-state index is -4.50. The lowest BCUT2D eigenvalue weighted by Crippen LogP contribution is -2.48. The van der Waals surface area contributed by atoms with Crippen LogP contribution in [-0.4, -0.2) is 86.9 Å². The van der Waals surface area contributed by atoms with E-state index in [0.717, 1.165) is 29.9 Å². The van der Waals surface area contributed by atoms with Crippen molar-refractivity contribution >= 4 is 44.7 Å². The molecule has 0 unspecified atom stereocenters. The van der Waals surface area contributed by atoms with Crippen molar-refractivity contribution in [2.24, 2.45) is 5.92 Å². The Morgan fingerprint density at radius 2 is 1.82 bits per heavy atom. The van der Waals surface area contributed by atoms with Crippen LogP contribution in [0.25, 0.3) is 0 Å². The summed E-state index contributed by atoms with van der Waals surface area (Å²) in [6.45, 7) is 5.60. The molecule has 0 radical (unpaired) electrons. The zero-order chi connectivity index (χ0) is 36.6. The molecule has 1 aliphatic heterocycles. The zero-order valence-corrected chi connectivity index (χ0v) is 29.9. The van der Waals surface area contributed by atoms with Gasteiger partial charge in [0.05, 0.1) is 36.0 Å². The number of sulfonamides is 1. The van der Waals surface area contributed by atoms with Crippen molar-refractivity contribution in [1.29, 1.82) is 0 Å². The number of halogens is 3. The number of benzene rings is 2. The van der Waals surface area contributed by atoms with Crippen LogP contribution < -0.4 is 14.8 Å². The number of aliphatic hydroxyl groups excluding tert-OH is 1. The van der Waals surface area contributed by atoms with E-state index in [1.165, 1.54) is 47.2 Å². The van der Waals surface area contributed by atoms with Crippen molar-refractivity contribution in [3.8, 4) is 5.75 Å². The molecule has 1 aliphatic rings. The SMILES string of the molecule is C[C@H]1CCCCO[C@@H](CN(C)C(=O)Nc2ccc(C(F)(F)F)cc2)[C@@H](C)CN([C@@H](C)CO)C(=O)c2cc(NS(=O)(=O)c3cccs3)ccc2O1. The number of rotatable bonds is 8. The maximum atomic E-state index is 14.3. The number of hydrogen-bond acceptors (Lipinski definition) is 8. The number of aliphatic hydroxyl groups is 1. The van der Waals surface area contributed by atoms with Crippen LogP contribution in [-0.2, 0) is 20.9 Å². The topological polar surface area (TPSA) is 138 Å². The highest BCUT2D eigenvalue weighted by Gasteiger charge is 2.32. The van der Waals surface area contributed by atoms with E-state index < -0.39 is 45.8 Å². The number of nitrogens with one attached hydrogen (secondary N) is 2. The third-order valence-electron chi connectivity index (χ3n) is 8.33. The maximum Gasteiger partial charge on any atom is 0.416 e. The van der Waals surface area contributed by atoms with Crippen molar-refractivity contribution in [2.75, 3.05) is 43.4 Å².